The summed E-state index contributed by atoms with van der Waals surface area (Å²) in [5, 5.41) is 0. The lowest BCUT2D eigenvalue weighted by molar-refractivity contribution is -0.141. The average molecular weight is 262 g/mol. The summed E-state index contributed by atoms with van der Waals surface area (Å²) >= 11 is 0. The van der Waals surface area contributed by atoms with E-state index in [0.29, 0.717) is 19.3 Å². The van der Waals surface area contributed by atoms with Crippen molar-refractivity contribution in [2.75, 3.05) is 6.61 Å². The first-order valence-corrected chi connectivity index (χ1v) is 5.90. The van der Waals surface area contributed by atoms with Gasteiger partial charge in [-0.05, 0) is 19.8 Å². The molecule has 1 fully saturated rings. The second-order valence-corrected chi connectivity index (χ2v) is 4.52. The van der Waals surface area contributed by atoms with Crippen molar-refractivity contribution in [3.05, 3.63) is 11.1 Å². The fraction of sp³-hybridized carbons (Fsp3) is 0.667. The smallest absolute Gasteiger partial charge is 0.420 e. The summed E-state index contributed by atoms with van der Waals surface area (Å²) in [6, 6.07) is 0. The van der Waals surface area contributed by atoms with Crippen molar-refractivity contribution in [1.82, 2.24) is 0 Å². The molecule has 0 bridgehead atoms. The van der Waals surface area contributed by atoms with Crippen LogP contribution in [-0.4, -0.2) is 24.5 Å². The van der Waals surface area contributed by atoms with Crippen LogP contribution in [-0.2, 0) is 14.3 Å². The minimum atomic E-state index is -4.77. The minimum Gasteiger partial charge on any atom is -0.463 e. The molecule has 2 aliphatic carbocycles. The molecule has 0 heterocycles. The highest BCUT2D eigenvalue weighted by Crippen LogP contribution is 2.49. The van der Waals surface area contributed by atoms with Gasteiger partial charge in [0.05, 0.1) is 12.2 Å². The molecular weight excluding hydrogens is 249 g/mol. The Kier molecular flexibility index (Phi) is 3.21. The van der Waals surface area contributed by atoms with Crippen LogP contribution in [0, 0.1) is 11.8 Å². The maximum atomic E-state index is 12.9. The molecule has 18 heavy (non-hydrogen) atoms. The summed E-state index contributed by atoms with van der Waals surface area (Å²) in [6.07, 6.45) is -3.23. The number of esters is 1. The molecule has 0 aliphatic heterocycles. The number of hydrogen-bond acceptors (Lipinski definition) is 3. The first-order chi connectivity index (χ1) is 8.38. The maximum absolute atomic E-state index is 12.9. The SMILES string of the molecule is CCOC(=O)C1=C(C(F)(F)F)C(=O)C2CCCC12. The second kappa shape index (κ2) is 4.40. The molecule has 1 saturated carbocycles. The first-order valence-electron chi connectivity index (χ1n) is 5.90. The van der Waals surface area contributed by atoms with Crippen molar-refractivity contribution in [2.45, 2.75) is 32.4 Å². The van der Waals surface area contributed by atoms with E-state index < -0.39 is 40.9 Å². The number of Topliss-reactive ketones (excluding diaryl/α,β-unsaturated/α-hetero) is 1. The van der Waals surface area contributed by atoms with Gasteiger partial charge in [0.1, 0.15) is 5.57 Å². The molecule has 2 unspecified atom stereocenters. The van der Waals surface area contributed by atoms with Crippen molar-refractivity contribution < 1.29 is 27.5 Å². The van der Waals surface area contributed by atoms with Crippen LogP contribution in [0.2, 0.25) is 0 Å². The lowest BCUT2D eigenvalue weighted by Crippen LogP contribution is -2.22. The van der Waals surface area contributed by atoms with Crippen LogP contribution in [0.15, 0.2) is 11.1 Å². The average Bonchev–Trinajstić information content (AvgIpc) is 2.79. The van der Waals surface area contributed by atoms with Gasteiger partial charge in [-0.3, -0.25) is 4.79 Å². The lowest BCUT2D eigenvalue weighted by atomic mass is 9.94. The molecule has 3 nitrogen and oxygen atoms in total. The van der Waals surface area contributed by atoms with E-state index in [1.54, 1.807) is 0 Å². The topological polar surface area (TPSA) is 43.4 Å². The Labute approximate surface area is 102 Å². The standard InChI is InChI=1S/C12H13F3O3/c1-2-18-11(17)8-6-4-3-5-7(6)10(16)9(8)12(13,14)15/h6-7H,2-5H2,1H3. The van der Waals surface area contributed by atoms with Crippen LogP contribution in [0.1, 0.15) is 26.2 Å². The zero-order valence-corrected chi connectivity index (χ0v) is 9.84. The molecule has 0 saturated heterocycles. The normalized spacial score (nSPS) is 27.7. The summed E-state index contributed by atoms with van der Waals surface area (Å²) in [7, 11) is 0. The molecule has 100 valence electrons. The fourth-order valence-electron chi connectivity index (χ4n) is 2.88. The van der Waals surface area contributed by atoms with Crippen molar-refractivity contribution in [3.8, 4) is 0 Å². The van der Waals surface area contributed by atoms with Crippen LogP contribution in [0.4, 0.5) is 13.2 Å². The Bertz CT molecular complexity index is 423. The molecule has 0 N–H and O–H groups in total. The fourth-order valence-corrected chi connectivity index (χ4v) is 2.88. The Morgan fingerprint density at radius 2 is 1.94 bits per heavy atom. The van der Waals surface area contributed by atoms with Gasteiger partial charge in [0, 0.05) is 11.8 Å². The molecule has 0 amide bonds. The van der Waals surface area contributed by atoms with E-state index >= 15 is 0 Å². The third kappa shape index (κ3) is 1.93. The van der Waals surface area contributed by atoms with E-state index in [4.69, 9.17) is 0 Å². The summed E-state index contributed by atoms with van der Waals surface area (Å²) < 4.78 is 43.3. The molecule has 6 heteroatoms. The number of carbonyl (C=O) groups excluding carboxylic acids is 2. The number of halogens is 3. The number of alkyl halides is 3. The first kappa shape index (κ1) is 13.1. The zero-order chi connectivity index (χ0) is 13.5. The molecule has 0 aromatic rings. The Balaban J connectivity index is 2.47. The van der Waals surface area contributed by atoms with E-state index in [2.05, 4.69) is 4.74 Å². The van der Waals surface area contributed by atoms with Crippen LogP contribution in [0.25, 0.3) is 0 Å². The van der Waals surface area contributed by atoms with Gasteiger partial charge in [0.2, 0.25) is 0 Å². The second-order valence-electron chi connectivity index (χ2n) is 4.52. The van der Waals surface area contributed by atoms with Crippen molar-refractivity contribution in [3.63, 3.8) is 0 Å². The Morgan fingerprint density at radius 3 is 2.50 bits per heavy atom. The zero-order valence-electron chi connectivity index (χ0n) is 9.84. The largest absolute Gasteiger partial charge is 0.463 e. The van der Waals surface area contributed by atoms with Gasteiger partial charge in [-0.15, -0.1) is 0 Å². The van der Waals surface area contributed by atoms with Gasteiger partial charge in [0.25, 0.3) is 0 Å². The molecular formula is C12H13F3O3. The van der Waals surface area contributed by atoms with Crippen LogP contribution >= 0.6 is 0 Å². The van der Waals surface area contributed by atoms with E-state index in [1.165, 1.54) is 6.92 Å². The number of ether oxygens (including phenoxy) is 1. The van der Waals surface area contributed by atoms with E-state index in [1.807, 2.05) is 0 Å². The van der Waals surface area contributed by atoms with E-state index in [0.717, 1.165) is 0 Å². The molecule has 0 aromatic heterocycles. The monoisotopic (exact) mass is 262 g/mol. The number of carbonyl (C=O) groups is 2. The van der Waals surface area contributed by atoms with Gasteiger partial charge < -0.3 is 4.74 Å². The predicted molar refractivity (Wildman–Crippen MR) is 55.6 cm³/mol. The van der Waals surface area contributed by atoms with Crippen molar-refractivity contribution >= 4 is 11.8 Å². The molecule has 0 radical (unpaired) electrons. The van der Waals surface area contributed by atoms with Crippen LogP contribution in [0.5, 0.6) is 0 Å². The molecule has 2 atom stereocenters. The molecule has 0 spiro atoms. The Hall–Kier alpha value is -1.33. The highest BCUT2D eigenvalue weighted by molar-refractivity contribution is 6.10. The molecule has 2 rings (SSSR count). The number of allylic oxidation sites excluding steroid dienone is 1. The quantitative estimate of drug-likeness (QED) is 0.718. The van der Waals surface area contributed by atoms with Gasteiger partial charge in [-0.25, -0.2) is 4.79 Å². The maximum Gasteiger partial charge on any atom is 0.420 e. The van der Waals surface area contributed by atoms with Gasteiger partial charge in [0.15, 0.2) is 5.78 Å². The van der Waals surface area contributed by atoms with E-state index in [-0.39, 0.29) is 6.61 Å². The number of ketones is 1. The summed E-state index contributed by atoms with van der Waals surface area (Å²) in [5.74, 6) is -3.21. The third-order valence-electron chi connectivity index (χ3n) is 3.52. The van der Waals surface area contributed by atoms with Gasteiger partial charge in [-0.1, -0.05) is 6.42 Å². The van der Waals surface area contributed by atoms with Gasteiger partial charge in [-0.2, -0.15) is 13.2 Å². The van der Waals surface area contributed by atoms with Crippen LogP contribution < -0.4 is 0 Å². The highest BCUT2D eigenvalue weighted by Gasteiger charge is 2.55. The van der Waals surface area contributed by atoms with Crippen LogP contribution in [0.3, 0.4) is 0 Å². The van der Waals surface area contributed by atoms with Gasteiger partial charge >= 0.3 is 12.1 Å². The summed E-state index contributed by atoms with van der Waals surface area (Å²) in [4.78, 5) is 23.4. The summed E-state index contributed by atoms with van der Waals surface area (Å²) in [5.41, 5.74) is -1.73. The summed E-state index contributed by atoms with van der Waals surface area (Å²) in [6.45, 7) is 1.52. The number of rotatable bonds is 2. The minimum absolute atomic E-state index is 0.000945. The van der Waals surface area contributed by atoms with Crippen molar-refractivity contribution in [2.24, 2.45) is 11.8 Å². The highest BCUT2D eigenvalue weighted by atomic mass is 19.4. The number of hydrogen-bond donors (Lipinski definition) is 0. The van der Waals surface area contributed by atoms with E-state index in [9.17, 15) is 22.8 Å². The lowest BCUT2D eigenvalue weighted by Gasteiger charge is -2.12. The Morgan fingerprint density at radius 1 is 1.33 bits per heavy atom. The molecule has 2 aliphatic rings. The predicted octanol–water partition coefficient (Wildman–Crippen LogP) is 2.41. The van der Waals surface area contributed by atoms with Crippen molar-refractivity contribution in [1.29, 1.82) is 0 Å². The number of fused-ring (bicyclic) bond motifs is 1. The third-order valence-corrected chi connectivity index (χ3v) is 3.52. The molecule has 0 aromatic carbocycles.